The summed E-state index contributed by atoms with van der Waals surface area (Å²) >= 11 is 0. The number of carbonyl (C=O) groups excluding carboxylic acids is 3. The fraction of sp³-hybridized carbons (Fsp3) is 0.375. The molecule has 1 heterocycles. The Kier molecular flexibility index (Phi) is 5.43. The van der Waals surface area contributed by atoms with Gasteiger partial charge in [0.25, 0.3) is 0 Å². The van der Waals surface area contributed by atoms with E-state index in [2.05, 4.69) is 6.58 Å². The summed E-state index contributed by atoms with van der Waals surface area (Å²) in [6.07, 6.45) is 3.56. The molecule has 0 bridgehead atoms. The van der Waals surface area contributed by atoms with Gasteiger partial charge in [0.1, 0.15) is 12.2 Å². The molecule has 2 aliphatic carbocycles. The van der Waals surface area contributed by atoms with Gasteiger partial charge in [-0.2, -0.15) is 0 Å². The zero-order valence-corrected chi connectivity index (χ0v) is 16.7. The predicted molar refractivity (Wildman–Crippen MR) is 109 cm³/mol. The molecule has 156 valence electrons. The molecule has 6 heteroatoms. The first-order valence-electron chi connectivity index (χ1n) is 10.1. The minimum atomic E-state index is -0.680. The third-order valence-corrected chi connectivity index (χ3v) is 6.37. The monoisotopic (exact) mass is 408 g/mol. The number of ketones is 1. The Morgan fingerprint density at radius 1 is 1.23 bits per heavy atom. The van der Waals surface area contributed by atoms with Gasteiger partial charge in [-0.1, -0.05) is 43.8 Å². The highest BCUT2D eigenvalue weighted by Crippen LogP contribution is 2.50. The van der Waals surface area contributed by atoms with Crippen LogP contribution in [0.5, 0.6) is 0 Å². The Morgan fingerprint density at radius 3 is 2.67 bits per heavy atom. The first-order valence-corrected chi connectivity index (χ1v) is 10.1. The van der Waals surface area contributed by atoms with Crippen LogP contribution in [-0.2, 0) is 23.9 Å². The van der Waals surface area contributed by atoms with E-state index in [0.29, 0.717) is 12.0 Å². The van der Waals surface area contributed by atoms with Crippen molar-refractivity contribution in [2.75, 3.05) is 6.61 Å². The Bertz CT molecular complexity index is 944. The first kappa shape index (κ1) is 20.3. The number of hydrogen-bond acceptors (Lipinski definition) is 6. The Balaban J connectivity index is 1.61. The van der Waals surface area contributed by atoms with Gasteiger partial charge in [0.05, 0.1) is 12.5 Å². The molecule has 2 fully saturated rings. The quantitative estimate of drug-likeness (QED) is 0.608. The average molecular weight is 408 g/mol. The highest BCUT2D eigenvalue weighted by Gasteiger charge is 2.57. The van der Waals surface area contributed by atoms with Crippen molar-refractivity contribution >= 4 is 23.8 Å². The fourth-order valence-corrected chi connectivity index (χ4v) is 5.02. The maximum Gasteiger partial charge on any atom is 0.334 e. The van der Waals surface area contributed by atoms with Gasteiger partial charge >= 0.3 is 11.9 Å². The number of fused-ring (bicyclic) bond motifs is 3. The number of hydrogen-bond donors (Lipinski definition) is 1. The molecule has 6 unspecified atom stereocenters. The number of rotatable bonds is 4. The summed E-state index contributed by atoms with van der Waals surface area (Å²) in [5, 5.41) is 9.76. The van der Waals surface area contributed by atoms with Crippen LogP contribution in [0.4, 0.5) is 0 Å². The molecule has 1 aromatic rings. The smallest absolute Gasteiger partial charge is 0.334 e. The van der Waals surface area contributed by atoms with Crippen molar-refractivity contribution in [3.63, 3.8) is 0 Å². The normalized spacial score (nSPS) is 33.0. The molecule has 0 radical (unpaired) electrons. The van der Waals surface area contributed by atoms with Crippen molar-refractivity contribution in [3.8, 4) is 0 Å². The van der Waals surface area contributed by atoms with E-state index in [1.54, 1.807) is 6.08 Å². The highest BCUT2D eigenvalue weighted by molar-refractivity contribution is 5.97. The van der Waals surface area contributed by atoms with Crippen molar-refractivity contribution in [1.29, 1.82) is 0 Å². The predicted octanol–water partition coefficient (Wildman–Crippen LogP) is 2.48. The zero-order chi connectivity index (χ0) is 21.4. The number of allylic oxidation sites excluding steroid dienone is 1. The van der Waals surface area contributed by atoms with E-state index < -0.39 is 41.9 Å². The minimum absolute atomic E-state index is 0.0835. The summed E-state index contributed by atoms with van der Waals surface area (Å²) in [6, 6.07) is 9.37. The van der Waals surface area contributed by atoms with Gasteiger partial charge in [0, 0.05) is 23.5 Å². The number of aliphatic hydroxyl groups is 1. The van der Waals surface area contributed by atoms with Gasteiger partial charge in [-0.25, -0.2) is 9.59 Å². The summed E-state index contributed by atoms with van der Waals surface area (Å²) in [5.74, 6) is -2.66. The Morgan fingerprint density at radius 2 is 1.97 bits per heavy atom. The molecule has 30 heavy (non-hydrogen) atoms. The lowest BCUT2D eigenvalue weighted by molar-refractivity contribution is -0.147. The van der Waals surface area contributed by atoms with Crippen LogP contribution < -0.4 is 0 Å². The van der Waals surface area contributed by atoms with E-state index in [4.69, 9.17) is 9.47 Å². The van der Waals surface area contributed by atoms with Gasteiger partial charge in [-0.15, -0.1) is 0 Å². The van der Waals surface area contributed by atoms with Gasteiger partial charge in [-0.05, 0) is 35.6 Å². The van der Waals surface area contributed by atoms with Crippen LogP contribution in [0.2, 0.25) is 0 Å². The highest BCUT2D eigenvalue weighted by atomic mass is 16.6. The SMILES string of the molecule is C=C1C(=O)OC2C1C(OC(=O)C=Cc1ccccc1)CC(C)C1C(=O)C=C(CO)C21. The fourth-order valence-electron chi connectivity index (χ4n) is 5.02. The minimum Gasteiger partial charge on any atom is -0.458 e. The third-order valence-electron chi connectivity index (χ3n) is 6.37. The summed E-state index contributed by atoms with van der Waals surface area (Å²) < 4.78 is 11.3. The Hall–Kier alpha value is -2.99. The van der Waals surface area contributed by atoms with Crippen LogP contribution in [0.3, 0.4) is 0 Å². The van der Waals surface area contributed by atoms with E-state index in [1.807, 2.05) is 37.3 Å². The van der Waals surface area contributed by atoms with Crippen LogP contribution in [0.1, 0.15) is 18.9 Å². The molecule has 6 atom stereocenters. The topological polar surface area (TPSA) is 89.9 Å². The molecular weight excluding hydrogens is 384 g/mol. The lowest BCUT2D eigenvalue weighted by Gasteiger charge is -2.28. The maximum absolute atomic E-state index is 12.6. The van der Waals surface area contributed by atoms with E-state index >= 15 is 0 Å². The lowest BCUT2D eigenvalue weighted by atomic mass is 9.78. The van der Waals surface area contributed by atoms with E-state index in [1.165, 1.54) is 12.2 Å². The number of ether oxygens (including phenoxy) is 2. The summed E-state index contributed by atoms with van der Waals surface area (Å²) in [4.78, 5) is 37.4. The van der Waals surface area contributed by atoms with Crippen LogP contribution in [-0.4, -0.2) is 41.6 Å². The Labute approximate surface area is 174 Å². The first-order chi connectivity index (χ1) is 14.4. The lowest BCUT2D eigenvalue weighted by Crippen LogP contribution is -2.37. The zero-order valence-electron chi connectivity index (χ0n) is 16.7. The molecule has 3 aliphatic rings. The molecule has 1 aliphatic heterocycles. The van der Waals surface area contributed by atoms with Gasteiger partial charge in [0.2, 0.25) is 0 Å². The van der Waals surface area contributed by atoms with Crippen molar-refractivity contribution in [3.05, 3.63) is 65.8 Å². The van der Waals surface area contributed by atoms with Gasteiger partial charge < -0.3 is 14.6 Å². The molecule has 4 rings (SSSR count). The summed E-state index contributed by atoms with van der Waals surface area (Å²) in [7, 11) is 0. The molecule has 0 spiro atoms. The molecule has 1 N–H and O–H groups in total. The van der Waals surface area contributed by atoms with Crippen LogP contribution in [0.25, 0.3) is 6.08 Å². The molecule has 1 aromatic carbocycles. The number of carbonyl (C=O) groups is 3. The van der Waals surface area contributed by atoms with Crippen molar-refractivity contribution in [2.45, 2.75) is 25.6 Å². The third kappa shape index (κ3) is 3.52. The second-order valence-electron chi connectivity index (χ2n) is 8.18. The van der Waals surface area contributed by atoms with E-state index in [9.17, 15) is 19.5 Å². The second kappa shape index (κ2) is 8.03. The van der Waals surface area contributed by atoms with Crippen LogP contribution in [0.15, 0.2) is 60.2 Å². The van der Waals surface area contributed by atoms with Gasteiger partial charge in [-0.3, -0.25) is 4.79 Å². The van der Waals surface area contributed by atoms with E-state index in [-0.39, 0.29) is 23.9 Å². The summed E-state index contributed by atoms with van der Waals surface area (Å²) in [5.41, 5.74) is 1.67. The molecule has 1 saturated heterocycles. The molecular formula is C24H24O6. The van der Waals surface area contributed by atoms with Crippen LogP contribution in [0, 0.1) is 23.7 Å². The maximum atomic E-state index is 12.6. The second-order valence-corrected chi connectivity index (χ2v) is 8.18. The molecule has 6 nitrogen and oxygen atoms in total. The summed E-state index contributed by atoms with van der Waals surface area (Å²) in [6.45, 7) is 5.52. The van der Waals surface area contributed by atoms with Crippen molar-refractivity contribution in [2.24, 2.45) is 23.7 Å². The number of benzene rings is 1. The van der Waals surface area contributed by atoms with Crippen molar-refractivity contribution in [1.82, 2.24) is 0 Å². The number of aliphatic hydroxyl groups excluding tert-OH is 1. The average Bonchev–Trinajstić information content (AvgIpc) is 3.18. The van der Waals surface area contributed by atoms with Crippen molar-refractivity contribution < 1.29 is 29.0 Å². The molecule has 0 aromatic heterocycles. The largest absolute Gasteiger partial charge is 0.458 e. The van der Waals surface area contributed by atoms with Crippen LogP contribution >= 0.6 is 0 Å². The number of esters is 2. The molecule has 0 amide bonds. The van der Waals surface area contributed by atoms with E-state index in [0.717, 1.165) is 5.56 Å². The van der Waals surface area contributed by atoms with Gasteiger partial charge in [0.15, 0.2) is 5.78 Å². The standard InChI is InChI=1S/C24H24O6/c1-13-10-18(29-19(27)9-8-15-6-4-3-5-7-15)21-14(2)24(28)30-23(21)22-16(12-25)11-17(26)20(13)22/h3-9,11,13,18,20-23,25H,2,10,12H2,1H3. The molecule has 1 saturated carbocycles.